The molecule has 0 aromatic heterocycles. The van der Waals surface area contributed by atoms with E-state index in [4.69, 9.17) is 8.85 Å². The van der Waals surface area contributed by atoms with Gasteiger partial charge >= 0.3 is 0 Å². The molecule has 0 unspecified atom stereocenters. The average Bonchev–Trinajstić information content (AvgIpc) is 2.51. The Morgan fingerprint density at radius 3 is 1.73 bits per heavy atom. The second-order valence-corrected chi connectivity index (χ2v) is 17.3. The molecule has 0 fully saturated rings. The Balaban J connectivity index is 2.26. The van der Waals surface area contributed by atoms with Gasteiger partial charge in [-0.25, -0.2) is 0 Å². The summed E-state index contributed by atoms with van der Waals surface area (Å²) in [4.78, 5) is 26.2. The lowest BCUT2D eigenvalue weighted by Gasteiger charge is -2.29. The molecule has 6 heteroatoms. The molecule has 1 aliphatic carbocycles. The molecule has 0 atom stereocenters. The molecule has 136 valence electrons. The van der Waals surface area contributed by atoms with E-state index in [1.54, 1.807) is 36.4 Å². The van der Waals surface area contributed by atoms with E-state index in [2.05, 4.69) is 19.6 Å². The van der Waals surface area contributed by atoms with E-state index in [1.165, 1.54) is 0 Å². The molecule has 0 radical (unpaired) electrons. The van der Waals surface area contributed by atoms with Crippen molar-refractivity contribution in [3.05, 3.63) is 58.7 Å². The van der Waals surface area contributed by atoms with Crippen molar-refractivity contribution in [2.75, 3.05) is 0 Å². The third kappa shape index (κ3) is 3.52. The predicted octanol–water partition coefficient (Wildman–Crippen LogP) is 4.89. The van der Waals surface area contributed by atoms with E-state index >= 15 is 0 Å². The lowest BCUT2D eigenvalue weighted by molar-refractivity contribution is 0.0977. The number of ketones is 2. The van der Waals surface area contributed by atoms with Gasteiger partial charge in [-0.05, 0) is 51.4 Å². The molecule has 0 spiro atoms. The molecule has 3 rings (SSSR count). The number of carbonyl (C=O) groups excluding carboxylic acids is 2. The van der Waals surface area contributed by atoms with E-state index in [0.717, 1.165) is 0 Å². The smallest absolute Gasteiger partial charge is 0.242 e. The fraction of sp³-hybridized carbons (Fsp3) is 0.300. The maximum atomic E-state index is 13.2. The summed E-state index contributed by atoms with van der Waals surface area (Å²) in [5.41, 5.74) is 1.61. The summed E-state index contributed by atoms with van der Waals surface area (Å²) in [5, 5.41) is 0. The third-order valence-electron chi connectivity index (χ3n) is 3.83. The van der Waals surface area contributed by atoms with Crippen molar-refractivity contribution in [2.24, 2.45) is 0 Å². The lowest BCUT2D eigenvalue weighted by Crippen LogP contribution is -2.34. The van der Waals surface area contributed by atoms with Crippen LogP contribution in [0.3, 0.4) is 0 Å². The number of carbonyl (C=O) groups is 2. The topological polar surface area (TPSA) is 52.6 Å². The highest BCUT2D eigenvalue weighted by Crippen LogP contribution is 2.41. The van der Waals surface area contributed by atoms with E-state index in [9.17, 15) is 9.59 Å². The highest BCUT2D eigenvalue weighted by molar-refractivity contribution is 6.71. The summed E-state index contributed by atoms with van der Waals surface area (Å²) in [7, 11) is -3.96. The monoisotopic (exact) mass is 384 g/mol. The van der Waals surface area contributed by atoms with Crippen molar-refractivity contribution < 1.29 is 18.4 Å². The molecule has 0 amide bonds. The number of hydrogen-bond acceptors (Lipinski definition) is 4. The van der Waals surface area contributed by atoms with Crippen LogP contribution in [-0.2, 0) is 0 Å². The summed E-state index contributed by atoms with van der Waals surface area (Å²) in [6, 6.07) is 10.4. The molecule has 0 aliphatic heterocycles. The number of fused-ring (bicyclic) bond motifs is 2. The van der Waals surface area contributed by atoms with Gasteiger partial charge in [-0.2, -0.15) is 0 Å². The van der Waals surface area contributed by atoms with Crippen LogP contribution in [0.5, 0.6) is 11.5 Å². The first-order chi connectivity index (χ1) is 12.0. The molecule has 0 saturated heterocycles. The summed E-state index contributed by atoms with van der Waals surface area (Å²) >= 11 is 0. The first kappa shape index (κ1) is 18.6. The molecule has 1 aliphatic rings. The maximum absolute atomic E-state index is 13.2. The molecular formula is C20H24O4Si2. The van der Waals surface area contributed by atoms with E-state index in [1.807, 2.05) is 19.6 Å². The third-order valence-corrected chi connectivity index (χ3v) is 5.48. The minimum absolute atomic E-state index is 0.143. The zero-order valence-corrected chi connectivity index (χ0v) is 18.1. The predicted molar refractivity (Wildman–Crippen MR) is 108 cm³/mol. The van der Waals surface area contributed by atoms with Gasteiger partial charge in [-0.15, -0.1) is 0 Å². The molecular weight excluding hydrogens is 360 g/mol. The van der Waals surface area contributed by atoms with Crippen LogP contribution in [0.2, 0.25) is 39.3 Å². The Hall–Kier alpha value is -2.19. The largest absolute Gasteiger partial charge is 0.542 e. The van der Waals surface area contributed by atoms with Gasteiger partial charge in [0.2, 0.25) is 16.6 Å². The normalized spacial score (nSPS) is 13.9. The molecule has 2 aromatic rings. The van der Waals surface area contributed by atoms with Crippen molar-refractivity contribution in [2.45, 2.75) is 39.3 Å². The number of hydrogen-bond donors (Lipinski definition) is 0. The van der Waals surface area contributed by atoms with Crippen molar-refractivity contribution >= 4 is 28.2 Å². The Morgan fingerprint density at radius 2 is 1.19 bits per heavy atom. The molecule has 2 aromatic carbocycles. The van der Waals surface area contributed by atoms with Crippen LogP contribution < -0.4 is 8.85 Å². The molecule has 0 bridgehead atoms. The standard InChI is InChI=1S/C20H24O4Si2/c1-25(2,3)23-16-12-11-15-17(20(16)24-26(4,5)6)19(22)14-10-8-7-9-13(14)18(15)21/h7-12H,1-6H3. The zero-order valence-electron chi connectivity index (χ0n) is 16.1. The molecule has 0 heterocycles. The Bertz CT molecular complexity index is 905. The lowest BCUT2D eigenvalue weighted by atomic mass is 9.83. The number of benzene rings is 2. The van der Waals surface area contributed by atoms with E-state index < -0.39 is 16.6 Å². The van der Waals surface area contributed by atoms with Gasteiger partial charge in [-0.3, -0.25) is 9.59 Å². The van der Waals surface area contributed by atoms with Gasteiger partial charge in [0.25, 0.3) is 0 Å². The van der Waals surface area contributed by atoms with Gasteiger partial charge in [0.05, 0.1) is 5.56 Å². The molecule has 4 nitrogen and oxygen atoms in total. The summed E-state index contributed by atoms with van der Waals surface area (Å²) in [6.45, 7) is 12.4. The van der Waals surface area contributed by atoms with Crippen LogP contribution >= 0.6 is 0 Å². The van der Waals surface area contributed by atoms with Crippen LogP contribution in [0.15, 0.2) is 36.4 Å². The van der Waals surface area contributed by atoms with Gasteiger partial charge < -0.3 is 8.85 Å². The zero-order chi connectivity index (χ0) is 19.3. The van der Waals surface area contributed by atoms with Gasteiger partial charge in [0.1, 0.15) is 5.75 Å². The van der Waals surface area contributed by atoms with Gasteiger partial charge in [-0.1, -0.05) is 24.3 Å². The average molecular weight is 385 g/mol. The fourth-order valence-electron chi connectivity index (χ4n) is 2.95. The van der Waals surface area contributed by atoms with Crippen molar-refractivity contribution in [3.8, 4) is 11.5 Å². The van der Waals surface area contributed by atoms with Crippen molar-refractivity contribution in [1.29, 1.82) is 0 Å². The van der Waals surface area contributed by atoms with Crippen LogP contribution in [0.1, 0.15) is 31.8 Å². The second kappa shape index (κ2) is 6.21. The summed E-state index contributed by atoms with van der Waals surface area (Å²) in [6.07, 6.45) is 0. The minimum Gasteiger partial charge on any atom is -0.542 e. The fourth-order valence-corrected chi connectivity index (χ4v) is 4.59. The highest BCUT2D eigenvalue weighted by Gasteiger charge is 2.36. The first-order valence-corrected chi connectivity index (χ1v) is 15.5. The van der Waals surface area contributed by atoms with Gasteiger partial charge in [0.15, 0.2) is 17.3 Å². The Morgan fingerprint density at radius 1 is 0.654 bits per heavy atom. The van der Waals surface area contributed by atoms with Crippen LogP contribution in [0, 0.1) is 0 Å². The van der Waals surface area contributed by atoms with Crippen LogP contribution in [0.25, 0.3) is 0 Å². The second-order valence-electron chi connectivity index (χ2n) is 8.45. The highest BCUT2D eigenvalue weighted by atomic mass is 28.4. The van der Waals surface area contributed by atoms with Crippen LogP contribution in [-0.4, -0.2) is 28.2 Å². The van der Waals surface area contributed by atoms with Crippen LogP contribution in [0.4, 0.5) is 0 Å². The Labute approximate surface area is 156 Å². The quantitative estimate of drug-likeness (QED) is 0.601. The maximum Gasteiger partial charge on any atom is 0.242 e. The van der Waals surface area contributed by atoms with E-state index in [0.29, 0.717) is 33.8 Å². The summed E-state index contributed by atoms with van der Waals surface area (Å²) < 4.78 is 12.5. The summed E-state index contributed by atoms with van der Waals surface area (Å²) in [5.74, 6) is 0.669. The minimum atomic E-state index is -2.04. The SMILES string of the molecule is C[Si](C)(C)Oc1ccc2c(c1O[Si](C)(C)C)C(=O)c1ccccc1C2=O. The van der Waals surface area contributed by atoms with Crippen molar-refractivity contribution in [3.63, 3.8) is 0 Å². The molecule has 26 heavy (non-hydrogen) atoms. The molecule has 0 N–H and O–H groups in total. The van der Waals surface area contributed by atoms with E-state index in [-0.39, 0.29) is 11.6 Å². The molecule has 0 saturated carbocycles. The van der Waals surface area contributed by atoms with Crippen molar-refractivity contribution in [1.82, 2.24) is 0 Å². The van der Waals surface area contributed by atoms with Gasteiger partial charge in [0, 0.05) is 16.7 Å². The Kier molecular flexibility index (Phi) is 4.44. The number of rotatable bonds is 4. The first-order valence-electron chi connectivity index (χ1n) is 8.71.